The second-order valence-corrected chi connectivity index (χ2v) is 7.66. The molecular weight excluding hydrogens is 318 g/mol. The molecule has 122 valence electrons. The van der Waals surface area contributed by atoms with Gasteiger partial charge in [0.25, 0.3) is 0 Å². The molecule has 1 aromatic heterocycles. The van der Waals surface area contributed by atoms with E-state index in [0.717, 1.165) is 30.6 Å². The Hall–Kier alpha value is -1.01. The van der Waals surface area contributed by atoms with Gasteiger partial charge in [0.05, 0.1) is 12.2 Å². The summed E-state index contributed by atoms with van der Waals surface area (Å²) in [5, 5.41) is 3.59. The van der Waals surface area contributed by atoms with Crippen molar-refractivity contribution in [2.24, 2.45) is 5.92 Å². The van der Waals surface area contributed by atoms with Gasteiger partial charge >= 0.3 is 5.97 Å². The molecule has 2 rings (SSSR count). The standard InChI is InChI=1S/C16H23NO3S2/c1-4-20-16(19)14-11-6-5-10(2)9-12(11)22-15(14)17-13(18)7-8-21-3/h10H,4-9H2,1-3H3,(H,17,18). The number of hydrogen-bond donors (Lipinski definition) is 1. The number of amides is 1. The second kappa shape index (κ2) is 8.02. The van der Waals surface area contributed by atoms with Gasteiger partial charge in [-0.25, -0.2) is 4.79 Å². The Kier molecular flexibility index (Phi) is 6.32. The zero-order valence-corrected chi connectivity index (χ0v) is 15.0. The second-order valence-electron chi connectivity index (χ2n) is 5.57. The van der Waals surface area contributed by atoms with Crippen molar-refractivity contribution in [2.45, 2.75) is 39.5 Å². The third kappa shape index (κ3) is 4.04. The minimum absolute atomic E-state index is 0.0356. The predicted molar refractivity (Wildman–Crippen MR) is 93.1 cm³/mol. The van der Waals surface area contributed by atoms with E-state index in [1.54, 1.807) is 30.0 Å². The lowest BCUT2D eigenvalue weighted by molar-refractivity contribution is -0.115. The van der Waals surface area contributed by atoms with Crippen molar-refractivity contribution >= 4 is 40.0 Å². The monoisotopic (exact) mass is 341 g/mol. The van der Waals surface area contributed by atoms with E-state index in [1.807, 2.05) is 6.26 Å². The summed E-state index contributed by atoms with van der Waals surface area (Å²) in [6.07, 6.45) is 5.38. The highest BCUT2D eigenvalue weighted by molar-refractivity contribution is 7.98. The highest BCUT2D eigenvalue weighted by Gasteiger charge is 2.28. The van der Waals surface area contributed by atoms with Gasteiger partial charge in [-0.2, -0.15) is 11.8 Å². The lowest BCUT2D eigenvalue weighted by Gasteiger charge is -2.18. The summed E-state index contributed by atoms with van der Waals surface area (Å²) < 4.78 is 5.19. The van der Waals surface area contributed by atoms with E-state index < -0.39 is 0 Å². The molecule has 6 heteroatoms. The van der Waals surface area contributed by atoms with Gasteiger partial charge in [0.2, 0.25) is 5.91 Å². The molecule has 0 saturated heterocycles. The molecule has 1 amide bonds. The number of nitrogens with one attached hydrogen (secondary N) is 1. The summed E-state index contributed by atoms with van der Waals surface area (Å²) >= 11 is 3.18. The molecule has 1 N–H and O–H groups in total. The van der Waals surface area contributed by atoms with Crippen LogP contribution in [-0.2, 0) is 22.4 Å². The van der Waals surface area contributed by atoms with Crippen molar-refractivity contribution in [3.8, 4) is 0 Å². The number of ether oxygens (including phenoxy) is 1. The summed E-state index contributed by atoms with van der Waals surface area (Å²) in [6.45, 7) is 4.37. The Balaban J connectivity index is 2.27. The number of fused-ring (bicyclic) bond motifs is 1. The van der Waals surface area contributed by atoms with Gasteiger partial charge in [0.15, 0.2) is 0 Å². The predicted octanol–water partition coefficient (Wildman–Crippen LogP) is 3.74. The molecule has 1 heterocycles. The first-order valence-corrected chi connectivity index (χ1v) is 9.88. The Morgan fingerprint density at radius 3 is 2.91 bits per heavy atom. The fourth-order valence-corrected chi connectivity index (χ4v) is 4.45. The number of thiophene rings is 1. The van der Waals surface area contributed by atoms with Gasteiger partial charge in [-0.05, 0) is 43.9 Å². The number of carbonyl (C=O) groups is 2. The zero-order chi connectivity index (χ0) is 16.1. The van der Waals surface area contributed by atoms with E-state index in [0.29, 0.717) is 29.5 Å². The molecule has 0 aromatic carbocycles. The fraction of sp³-hybridized carbons (Fsp3) is 0.625. The average molecular weight is 341 g/mol. The van der Waals surface area contributed by atoms with Crippen LogP contribution >= 0.6 is 23.1 Å². The van der Waals surface area contributed by atoms with Crippen LogP contribution in [0.1, 0.15) is 47.5 Å². The van der Waals surface area contributed by atoms with Crippen LogP contribution in [0, 0.1) is 5.92 Å². The number of anilines is 1. The largest absolute Gasteiger partial charge is 0.462 e. The lowest BCUT2D eigenvalue weighted by Crippen LogP contribution is -2.16. The molecule has 0 fully saturated rings. The number of esters is 1. The minimum atomic E-state index is -0.310. The number of thioether (sulfide) groups is 1. The fourth-order valence-electron chi connectivity index (χ4n) is 2.64. The summed E-state index contributed by atoms with van der Waals surface area (Å²) in [4.78, 5) is 25.5. The van der Waals surface area contributed by atoms with E-state index in [4.69, 9.17) is 4.74 Å². The number of carbonyl (C=O) groups excluding carboxylic acids is 2. The number of hydrogen-bond acceptors (Lipinski definition) is 5. The van der Waals surface area contributed by atoms with Gasteiger partial charge in [0, 0.05) is 17.1 Å². The van der Waals surface area contributed by atoms with Gasteiger partial charge in [-0.15, -0.1) is 11.3 Å². The summed E-state index contributed by atoms with van der Waals surface area (Å²) in [6, 6.07) is 0. The molecule has 1 aliphatic rings. The Bertz CT molecular complexity index is 554. The van der Waals surface area contributed by atoms with Gasteiger partial charge in [-0.3, -0.25) is 4.79 Å². The highest BCUT2D eigenvalue weighted by Crippen LogP contribution is 2.40. The van der Waals surface area contributed by atoms with Crippen molar-refractivity contribution < 1.29 is 14.3 Å². The maximum atomic E-state index is 12.3. The summed E-state index contributed by atoms with van der Waals surface area (Å²) in [7, 11) is 0. The minimum Gasteiger partial charge on any atom is -0.462 e. The van der Waals surface area contributed by atoms with Crippen LogP contribution in [0.5, 0.6) is 0 Å². The Morgan fingerprint density at radius 2 is 2.23 bits per heavy atom. The molecule has 4 nitrogen and oxygen atoms in total. The van der Waals surface area contributed by atoms with Crippen molar-refractivity contribution in [3.63, 3.8) is 0 Å². The third-order valence-electron chi connectivity index (χ3n) is 3.78. The maximum absolute atomic E-state index is 12.3. The summed E-state index contributed by atoms with van der Waals surface area (Å²) in [5.74, 6) is 1.06. The first kappa shape index (κ1) is 17.3. The van der Waals surface area contributed by atoms with Crippen LogP contribution < -0.4 is 5.32 Å². The van der Waals surface area contributed by atoms with Crippen LogP contribution in [0.25, 0.3) is 0 Å². The van der Waals surface area contributed by atoms with Crippen molar-refractivity contribution in [3.05, 3.63) is 16.0 Å². The zero-order valence-electron chi connectivity index (χ0n) is 13.4. The molecule has 1 aromatic rings. The van der Waals surface area contributed by atoms with Gasteiger partial charge in [0.1, 0.15) is 5.00 Å². The molecule has 0 aliphatic heterocycles. The quantitative estimate of drug-likeness (QED) is 0.801. The van der Waals surface area contributed by atoms with E-state index in [1.165, 1.54) is 4.88 Å². The van der Waals surface area contributed by atoms with Crippen molar-refractivity contribution in [1.82, 2.24) is 0 Å². The van der Waals surface area contributed by atoms with Crippen LogP contribution in [0.15, 0.2) is 0 Å². The number of rotatable bonds is 6. The molecule has 1 unspecified atom stereocenters. The van der Waals surface area contributed by atoms with Crippen molar-refractivity contribution in [2.75, 3.05) is 23.9 Å². The first-order valence-electron chi connectivity index (χ1n) is 7.67. The molecule has 0 saturated carbocycles. The van der Waals surface area contributed by atoms with E-state index >= 15 is 0 Å². The maximum Gasteiger partial charge on any atom is 0.341 e. The van der Waals surface area contributed by atoms with Gasteiger partial charge in [-0.1, -0.05) is 6.92 Å². The SMILES string of the molecule is CCOC(=O)c1c(NC(=O)CCSC)sc2c1CCC(C)C2. The molecular formula is C16H23NO3S2. The van der Waals surface area contributed by atoms with Crippen LogP contribution in [-0.4, -0.2) is 30.5 Å². The van der Waals surface area contributed by atoms with E-state index in [9.17, 15) is 9.59 Å². The van der Waals surface area contributed by atoms with E-state index in [-0.39, 0.29) is 11.9 Å². The van der Waals surface area contributed by atoms with Crippen LogP contribution in [0.3, 0.4) is 0 Å². The molecule has 1 aliphatic carbocycles. The third-order valence-corrected chi connectivity index (χ3v) is 5.56. The molecule has 0 spiro atoms. The first-order chi connectivity index (χ1) is 10.6. The lowest BCUT2D eigenvalue weighted by atomic mass is 9.88. The highest BCUT2D eigenvalue weighted by atomic mass is 32.2. The Labute approximate surface area is 140 Å². The molecule has 0 bridgehead atoms. The smallest absolute Gasteiger partial charge is 0.341 e. The molecule has 0 radical (unpaired) electrons. The molecule has 1 atom stereocenters. The molecule has 22 heavy (non-hydrogen) atoms. The summed E-state index contributed by atoms with van der Waals surface area (Å²) in [5.41, 5.74) is 1.67. The Morgan fingerprint density at radius 1 is 1.45 bits per heavy atom. The topological polar surface area (TPSA) is 55.4 Å². The van der Waals surface area contributed by atoms with E-state index in [2.05, 4.69) is 12.2 Å². The normalized spacial score (nSPS) is 17.0. The van der Waals surface area contributed by atoms with Crippen LogP contribution in [0.4, 0.5) is 5.00 Å². The average Bonchev–Trinajstić information content (AvgIpc) is 2.82. The van der Waals surface area contributed by atoms with Crippen molar-refractivity contribution in [1.29, 1.82) is 0 Å². The van der Waals surface area contributed by atoms with Gasteiger partial charge < -0.3 is 10.1 Å². The van der Waals surface area contributed by atoms with Crippen LogP contribution in [0.2, 0.25) is 0 Å².